The number of carbonyl (C=O) groups is 2. The van der Waals surface area contributed by atoms with Gasteiger partial charge in [0, 0.05) is 7.11 Å². The summed E-state index contributed by atoms with van der Waals surface area (Å²) in [6.45, 7) is 3.78. The minimum atomic E-state index is -0.650. The van der Waals surface area contributed by atoms with E-state index in [0.717, 1.165) is 5.57 Å². The number of esters is 1. The number of amides is 1. The molecule has 0 aromatic rings. The Labute approximate surface area is 95.8 Å². The van der Waals surface area contributed by atoms with Crippen LogP contribution in [0.1, 0.15) is 20.3 Å². The number of nitrogens with one attached hydrogen (secondary N) is 1. The first-order chi connectivity index (χ1) is 7.51. The van der Waals surface area contributed by atoms with Gasteiger partial charge in [-0.05, 0) is 20.3 Å². The number of hydrogen-bond acceptors (Lipinski definition) is 4. The Hall–Kier alpha value is -1.36. The third-order valence-electron chi connectivity index (χ3n) is 1.86. The number of carbonyl (C=O) groups excluding carboxylic acids is 2. The summed E-state index contributed by atoms with van der Waals surface area (Å²) in [5.41, 5.74) is 1.08. The second-order valence-corrected chi connectivity index (χ2v) is 3.59. The molecule has 92 valence electrons. The number of methoxy groups -OCH3 is 2. The fraction of sp³-hybridized carbons (Fsp3) is 0.636. The van der Waals surface area contributed by atoms with Crippen molar-refractivity contribution in [2.24, 2.45) is 0 Å². The highest BCUT2D eigenvalue weighted by atomic mass is 16.5. The molecule has 1 atom stereocenters. The van der Waals surface area contributed by atoms with Gasteiger partial charge in [-0.15, -0.1) is 0 Å². The van der Waals surface area contributed by atoms with Crippen molar-refractivity contribution in [3.8, 4) is 0 Å². The summed E-state index contributed by atoms with van der Waals surface area (Å²) in [4.78, 5) is 22.6. The van der Waals surface area contributed by atoms with E-state index < -0.39 is 12.0 Å². The van der Waals surface area contributed by atoms with Crippen LogP contribution in [0.4, 0.5) is 0 Å². The van der Waals surface area contributed by atoms with Crippen LogP contribution < -0.4 is 5.32 Å². The van der Waals surface area contributed by atoms with Crippen molar-refractivity contribution in [1.82, 2.24) is 5.32 Å². The van der Waals surface area contributed by atoms with E-state index in [0.29, 0.717) is 6.42 Å². The number of hydrogen-bond donors (Lipinski definition) is 1. The first-order valence-electron chi connectivity index (χ1n) is 5.00. The third-order valence-corrected chi connectivity index (χ3v) is 1.86. The van der Waals surface area contributed by atoms with Crippen molar-refractivity contribution in [3.63, 3.8) is 0 Å². The summed E-state index contributed by atoms with van der Waals surface area (Å²) in [5.74, 6) is -0.790. The Morgan fingerprint density at radius 3 is 2.38 bits per heavy atom. The zero-order valence-electron chi connectivity index (χ0n) is 10.2. The molecule has 0 aliphatic carbocycles. The molecule has 0 heterocycles. The van der Waals surface area contributed by atoms with Gasteiger partial charge < -0.3 is 14.8 Å². The lowest BCUT2D eigenvalue weighted by Gasteiger charge is -2.14. The molecule has 1 amide bonds. The molecule has 5 nitrogen and oxygen atoms in total. The lowest BCUT2D eigenvalue weighted by Crippen LogP contribution is -2.42. The number of rotatable bonds is 6. The van der Waals surface area contributed by atoms with Crippen molar-refractivity contribution in [1.29, 1.82) is 0 Å². The normalized spacial score (nSPS) is 11.5. The van der Waals surface area contributed by atoms with E-state index in [1.54, 1.807) is 0 Å². The molecule has 0 aliphatic heterocycles. The molecule has 0 rings (SSSR count). The SMILES string of the molecule is COCC(=O)N[C@@H](CC=C(C)C)C(=O)OC. The molecule has 0 spiro atoms. The molecule has 16 heavy (non-hydrogen) atoms. The molecule has 0 bridgehead atoms. The fourth-order valence-electron chi connectivity index (χ4n) is 1.08. The summed E-state index contributed by atoms with van der Waals surface area (Å²) in [5, 5.41) is 2.54. The average molecular weight is 229 g/mol. The molecule has 0 aromatic heterocycles. The third kappa shape index (κ3) is 6.19. The molecule has 0 radical (unpaired) electrons. The predicted molar refractivity (Wildman–Crippen MR) is 59.9 cm³/mol. The van der Waals surface area contributed by atoms with Crippen molar-refractivity contribution < 1.29 is 19.1 Å². The Morgan fingerprint density at radius 1 is 1.31 bits per heavy atom. The quantitative estimate of drug-likeness (QED) is 0.536. The first kappa shape index (κ1) is 14.6. The maximum absolute atomic E-state index is 11.4. The zero-order chi connectivity index (χ0) is 12.6. The smallest absolute Gasteiger partial charge is 0.328 e. The largest absolute Gasteiger partial charge is 0.467 e. The van der Waals surface area contributed by atoms with Crippen LogP contribution >= 0.6 is 0 Å². The summed E-state index contributed by atoms with van der Waals surface area (Å²) in [6.07, 6.45) is 2.29. The molecule has 0 aromatic carbocycles. The van der Waals surface area contributed by atoms with Crippen molar-refractivity contribution in [2.45, 2.75) is 26.3 Å². The van der Waals surface area contributed by atoms with Crippen molar-refractivity contribution in [3.05, 3.63) is 11.6 Å². The van der Waals surface area contributed by atoms with Crippen LogP contribution in [0.5, 0.6) is 0 Å². The van der Waals surface area contributed by atoms with Crippen molar-refractivity contribution >= 4 is 11.9 Å². The van der Waals surface area contributed by atoms with Crippen LogP contribution in [-0.4, -0.2) is 38.7 Å². The summed E-state index contributed by atoms with van der Waals surface area (Å²) < 4.78 is 9.26. The maximum Gasteiger partial charge on any atom is 0.328 e. The van der Waals surface area contributed by atoms with Gasteiger partial charge >= 0.3 is 5.97 Å². The molecule has 5 heteroatoms. The lowest BCUT2D eigenvalue weighted by atomic mass is 10.1. The van der Waals surface area contributed by atoms with Crippen LogP contribution in [0.25, 0.3) is 0 Å². The van der Waals surface area contributed by atoms with E-state index in [2.05, 4.69) is 14.8 Å². The number of ether oxygens (including phenoxy) is 2. The van der Waals surface area contributed by atoms with Gasteiger partial charge in [0.25, 0.3) is 0 Å². The maximum atomic E-state index is 11.4. The Balaban J connectivity index is 4.37. The number of allylic oxidation sites excluding steroid dienone is 1. The monoisotopic (exact) mass is 229 g/mol. The van der Waals surface area contributed by atoms with Crippen LogP contribution in [0, 0.1) is 0 Å². The second-order valence-electron chi connectivity index (χ2n) is 3.59. The van der Waals surface area contributed by atoms with Crippen LogP contribution in [-0.2, 0) is 19.1 Å². The van der Waals surface area contributed by atoms with Gasteiger partial charge in [-0.2, -0.15) is 0 Å². The van der Waals surface area contributed by atoms with Gasteiger partial charge in [-0.3, -0.25) is 4.79 Å². The minimum Gasteiger partial charge on any atom is -0.467 e. The molecule has 0 saturated carbocycles. The molecule has 0 aliphatic rings. The Morgan fingerprint density at radius 2 is 1.94 bits per heavy atom. The fourth-order valence-corrected chi connectivity index (χ4v) is 1.08. The molecular formula is C11H19NO4. The van der Waals surface area contributed by atoms with Gasteiger partial charge in [-0.25, -0.2) is 4.79 Å². The molecular weight excluding hydrogens is 210 g/mol. The topological polar surface area (TPSA) is 64.6 Å². The van der Waals surface area contributed by atoms with Crippen molar-refractivity contribution in [2.75, 3.05) is 20.8 Å². The minimum absolute atomic E-state index is 0.0671. The van der Waals surface area contributed by atoms with E-state index in [-0.39, 0.29) is 12.5 Å². The standard InChI is InChI=1S/C11H19NO4/c1-8(2)5-6-9(11(14)16-4)12-10(13)7-15-3/h5,9H,6-7H2,1-4H3,(H,12,13)/t9-/m0/s1. The zero-order valence-corrected chi connectivity index (χ0v) is 10.2. The van der Waals surface area contributed by atoms with E-state index in [1.807, 2.05) is 19.9 Å². The summed E-state index contributed by atoms with van der Waals surface area (Å²) in [7, 11) is 2.71. The van der Waals surface area contributed by atoms with E-state index >= 15 is 0 Å². The van der Waals surface area contributed by atoms with Gasteiger partial charge in [0.05, 0.1) is 7.11 Å². The molecule has 0 unspecified atom stereocenters. The molecule has 0 saturated heterocycles. The van der Waals surface area contributed by atoms with E-state index in [9.17, 15) is 9.59 Å². The lowest BCUT2D eigenvalue weighted by molar-refractivity contribution is -0.145. The summed E-state index contributed by atoms with van der Waals surface area (Å²) >= 11 is 0. The highest BCUT2D eigenvalue weighted by Crippen LogP contribution is 2.00. The first-order valence-corrected chi connectivity index (χ1v) is 5.00. The summed E-state index contributed by atoms with van der Waals surface area (Å²) in [6, 6.07) is -0.650. The predicted octanol–water partition coefficient (Wildman–Crippen LogP) is 0.647. The average Bonchev–Trinajstić information content (AvgIpc) is 2.23. The Bertz CT molecular complexity index is 269. The van der Waals surface area contributed by atoms with E-state index in [1.165, 1.54) is 14.2 Å². The van der Waals surface area contributed by atoms with Crippen LogP contribution in [0.15, 0.2) is 11.6 Å². The van der Waals surface area contributed by atoms with Gasteiger partial charge in [-0.1, -0.05) is 11.6 Å². The van der Waals surface area contributed by atoms with Gasteiger partial charge in [0.15, 0.2) is 0 Å². The van der Waals surface area contributed by atoms with Gasteiger partial charge in [0.2, 0.25) is 5.91 Å². The van der Waals surface area contributed by atoms with Crippen LogP contribution in [0.3, 0.4) is 0 Å². The highest BCUT2D eigenvalue weighted by molar-refractivity contribution is 5.85. The Kier molecular flexibility index (Phi) is 7.20. The highest BCUT2D eigenvalue weighted by Gasteiger charge is 2.19. The molecule has 1 N–H and O–H groups in total. The van der Waals surface area contributed by atoms with Gasteiger partial charge in [0.1, 0.15) is 12.6 Å². The van der Waals surface area contributed by atoms with E-state index in [4.69, 9.17) is 0 Å². The molecule has 0 fully saturated rings. The second kappa shape index (κ2) is 7.87. The van der Waals surface area contributed by atoms with Crippen LogP contribution in [0.2, 0.25) is 0 Å².